The zero-order valence-corrected chi connectivity index (χ0v) is 11.2. The van der Waals surface area contributed by atoms with Crippen LogP contribution < -0.4 is 0 Å². The van der Waals surface area contributed by atoms with Gasteiger partial charge in [0, 0.05) is 17.1 Å². The molecule has 0 aromatic heterocycles. The van der Waals surface area contributed by atoms with Gasteiger partial charge in [0.2, 0.25) is 0 Å². The van der Waals surface area contributed by atoms with E-state index in [9.17, 15) is 9.50 Å². The van der Waals surface area contributed by atoms with Gasteiger partial charge in [0.25, 0.3) is 0 Å². The molecule has 1 unspecified atom stereocenters. The number of hydrogen-bond acceptors (Lipinski definition) is 2. The predicted octanol–water partition coefficient (Wildman–Crippen LogP) is 3.39. The smallest absolute Gasteiger partial charge is 0.130 e. The first-order valence-electron chi connectivity index (χ1n) is 6.53. The van der Waals surface area contributed by atoms with Crippen molar-refractivity contribution >= 4 is 11.6 Å². The molecular weight excluding hydrogens is 253 g/mol. The fourth-order valence-corrected chi connectivity index (χ4v) is 2.77. The summed E-state index contributed by atoms with van der Waals surface area (Å²) in [4.78, 5) is 2.19. The minimum Gasteiger partial charge on any atom is -0.387 e. The van der Waals surface area contributed by atoms with Gasteiger partial charge in [-0.3, -0.25) is 0 Å². The molecule has 1 aliphatic heterocycles. The van der Waals surface area contributed by atoms with Crippen molar-refractivity contribution in [2.24, 2.45) is 0 Å². The molecule has 4 heteroatoms. The summed E-state index contributed by atoms with van der Waals surface area (Å²) >= 11 is 5.96. The third-order valence-electron chi connectivity index (χ3n) is 3.46. The van der Waals surface area contributed by atoms with Crippen LogP contribution in [0.5, 0.6) is 0 Å². The molecule has 0 amide bonds. The van der Waals surface area contributed by atoms with E-state index in [-0.39, 0.29) is 5.56 Å². The monoisotopic (exact) mass is 271 g/mol. The first-order valence-corrected chi connectivity index (χ1v) is 6.90. The van der Waals surface area contributed by atoms with Gasteiger partial charge in [0.1, 0.15) is 5.82 Å². The normalized spacial score (nSPS) is 19.5. The van der Waals surface area contributed by atoms with Crippen molar-refractivity contribution in [3.05, 3.63) is 34.6 Å². The number of benzene rings is 1. The maximum Gasteiger partial charge on any atom is 0.130 e. The van der Waals surface area contributed by atoms with Gasteiger partial charge in [-0.1, -0.05) is 30.5 Å². The lowest BCUT2D eigenvalue weighted by molar-refractivity contribution is 0.112. The molecule has 1 N–H and O–H groups in total. The summed E-state index contributed by atoms with van der Waals surface area (Å²) in [5.41, 5.74) is 0.225. The van der Waals surface area contributed by atoms with Gasteiger partial charge < -0.3 is 10.0 Å². The van der Waals surface area contributed by atoms with Gasteiger partial charge in [-0.05, 0) is 38.1 Å². The first kappa shape index (κ1) is 13.8. The van der Waals surface area contributed by atoms with Crippen LogP contribution in [0.25, 0.3) is 0 Å². The van der Waals surface area contributed by atoms with Crippen molar-refractivity contribution in [3.63, 3.8) is 0 Å². The number of likely N-dealkylation sites (tertiary alicyclic amines) is 1. The molecule has 2 nitrogen and oxygen atoms in total. The molecule has 100 valence electrons. The standard InChI is InChI=1S/C14H19ClFNO/c15-11-6-5-7-12(16)14(11)13(18)10-17-8-3-1-2-4-9-17/h5-7,13,18H,1-4,8-10H2. The van der Waals surface area contributed by atoms with E-state index in [2.05, 4.69) is 4.90 Å². The fraction of sp³-hybridized carbons (Fsp3) is 0.571. The Bertz CT molecular complexity index is 371. The van der Waals surface area contributed by atoms with Crippen LogP contribution in [0.2, 0.25) is 5.02 Å². The highest BCUT2D eigenvalue weighted by Gasteiger charge is 2.20. The van der Waals surface area contributed by atoms with Gasteiger partial charge >= 0.3 is 0 Å². The maximum atomic E-state index is 13.7. The van der Waals surface area contributed by atoms with E-state index < -0.39 is 11.9 Å². The number of aliphatic hydroxyl groups is 1. The minimum atomic E-state index is -0.850. The van der Waals surface area contributed by atoms with Crippen LogP contribution in [0.15, 0.2) is 18.2 Å². The summed E-state index contributed by atoms with van der Waals surface area (Å²) in [5, 5.41) is 10.5. The molecule has 1 aliphatic rings. The lowest BCUT2D eigenvalue weighted by Gasteiger charge is -2.24. The molecule has 1 aromatic carbocycles. The average Bonchev–Trinajstić information content (AvgIpc) is 2.57. The van der Waals surface area contributed by atoms with E-state index in [4.69, 9.17) is 11.6 Å². The van der Waals surface area contributed by atoms with Crippen molar-refractivity contribution in [3.8, 4) is 0 Å². The molecule has 0 saturated carbocycles. The Labute approximate surface area is 112 Å². The number of halogens is 2. The second-order valence-corrected chi connectivity index (χ2v) is 5.27. The van der Waals surface area contributed by atoms with Gasteiger partial charge in [-0.2, -0.15) is 0 Å². The van der Waals surface area contributed by atoms with E-state index in [1.165, 1.54) is 18.9 Å². The third kappa shape index (κ3) is 3.44. The third-order valence-corrected chi connectivity index (χ3v) is 3.79. The Kier molecular flexibility index (Phi) is 4.98. The number of rotatable bonds is 3. The highest BCUT2D eigenvalue weighted by Crippen LogP contribution is 2.27. The number of β-amino-alcohol motifs (C(OH)–C–C–N with tert-alkyl or cyclic N) is 1. The van der Waals surface area contributed by atoms with E-state index in [0.29, 0.717) is 11.6 Å². The minimum absolute atomic E-state index is 0.225. The Hall–Kier alpha value is -0.640. The highest BCUT2D eigenvalue weighted by molar-refractivity contribution is 6.31. The lowest BCUT2D eigenvalue weighted by atomic mass is 10.1. The lowest BCUT2D eigenvalue weighted by Crippen LogP contribution is -2.30. The van der Waals surface area contributed by atoms with Crippen molar-refractivity contribution in [1.29, 1.82) is 0 Å². The van der Waals surface area contributed by atoms with Crippen LogP contribution in [-0.2, 0) is 0 Å². The van der Waals surface area contributed by atoms with Crippen LogP contribution in [-0.4, -0.2) is 29.6 Å². The fourth-order valence-electron chi connectivity index (χ4n) is 2.48. The van der Waals surface area contributed by atoms with Crippen LogP contribution in [0.3, 0.4) is 0 Å². The predicted molar refractivity (Wildman–Crippen MR) is 71.3 cm³/mol. The summed E-state index contributed by atoms with van der Waals surface area (Å²) in [6.45, 7) is 2.41. The molecule has 18 heavy (non-hydrogen) atoms. The van der Waals surface area contributed by atoms with E-state index in [0.717, 1.165) is 25.9 Å². The summed E-state index contributed by atoms with van der Waals surface area (Å²) in [5.74, 6) is -0.426. The molecule has 1 saturated heterocycles. The number of nitrogens with zero attached hydrogens (tertiary/aromatic N) is 1. The van der Waals surface area contributed by atoms with Crippen LogP contribution >= 0.6 is 11.6 Å². The Morgan fingerprint density at radius 1 is 1.22 bits per heavy atom. The zero-order chi connectivity index (χ0) is 13.0. The molecule has 1 aromatic rings. The molecule has 2 rings (SSSR count). The van der Waals surface area contributed by atoms with Gasteiger partial charge in [0.15, 0.2) is 0 Å². The molecule has 1 heterocycles. The summed E-state index contributed by atoms with van der Waals surface area (Å²) in [6, 6.07) is 4.51. The molecule has 1 atom stereocenters. The van der Waals surface area contributed by atoms with Crippen molar-refractivity contribution in [1.82, 2.24) is 4.90 Å². The van der Waals surface area contributed by atoms with Crippen molar-refractivity contribution < 1.29 is 9.50 Å². The van der Waals surface area contributed by atoms with Gasteiger partial charge in [-0.15, -0.1) is 0 Å². The quantitative estimate of drug-likeness (QED) is 0.911. The van der Waals surface area contributed by atoms with Crippen LogP contribution in [0.1, 0.15) is 37.4 Å². The first-order chi connectivity index (χ1) is 8.68. The molecule has 0 spiro atoms. The van der Waals surface area contributed by atoms with Gasteiger partial charge in [-0.25, -0.2) is 4.39 Å². The molecule has 1 fully saturated rings. The summed E-state index contributed by atoms with van der Waals surface area (Å²) < 4.78 is 13.7. The maximum absolute atomic E-state index is 13.7. The molecule has 0 aliphatic carbocycles. The van der Waals surface area contributed by atoms with Gasteiger partial charge in [0.05, 0.1) is 6.10 Å². The Morgan fingerprint density at radius 3 is 2.50 bits per heavy atom. The SMILES string of the molecule is OC(CN1CCCCCC1)c1c(F)cccc1Cl. The number of hydrogen-bond donors (Lipinski definition) is 1. The van der Waals surface area contributed by atoms with Crippen molar-refractivity contribution in [2.45, 2.75) is 31.8 Å². The molecule has 0 bridgehead atoms. The Balaban J connectivity index is 2.04. The van der Waals surface area contributed by atoms with E-state index in [1.807, 2.05) is 0 Å². The second kappa shape index (κ2) is 6.50. The zero-order valence-electron chi connectivity index (χ0n) is 10.4. The number of aliphatic hydroxyl groups excluding tert-OH is 1. The average molecular weight is 272 g/mol. The van der Waals surface area contributed by atoms with E-state index >= 15 is 0 Å². The Morgan fingerprint density at radius 2 is 1.89 bits per heavy atom. The largest absolute Gasteiger partial charge is 0.387 e. The topological polar surface area (TPSA) is 23.5 Å². The summed E-state index contributed by atoms with van der Waals surface area (Å²) in [7, 11) is 0. The highest BCUT2D eigenvalue weighted by atomic mass is 35.5. The second-order valence-electron chi connectivity index (χ2n) is 4.87. The summed E-state index contributed by atoms with van der Waals surface area (Å²) in [6.07, 6.45) is 3.94. The molecular formula is C14H19ClFNO. The van der Waals surface area contributed by atoms with Crippen molar-refractivity contribution in [2.75, 3.05) is 19.6 Å². The van der Waals surface area contributed by atoms with Crippen LogP contribution in [0.4, 0.5) is 4.39 Å². The molecule has 0 radical (unpaired) electrons. The van der Waals surface area contributed by atoms with E-state index in [1.54, 1.807) is 12.1 Å². The van der Waals surface area contributed by atoms with Crippen LogP contribution in [0, 0.1) is 5.82 Å².